The van der Waals surface area contributed by atoms with Crippen LogP contribution in [0.3, 0.4) is 0 Å². The minimum atomic E-state index is -0.334. The highest BCUT2D eigenvalue weighted by Gasteiger charge is 2.11. The predicted octanol–water partition coefficient (Wildman–Crippen LogP) is 3.25. The Bertz CT molecular complexity index is 684. The highest BCUT2D eigenvalue weighted by atomic mass is 35.5. The first-order valence-corrected chi connectivity index (χ1v) is 6.64. The van der Waals surface area contributed by atoms with Gasteiger partial charge in [0.15, 0.2) is 0 Å². The quantitative estimate of drug-likeness (QED) is 0.914. The summed E-state index contributed by atoms with van der Waals surface area (Å²) in [6, 6.07) is 8.42. The highest BCUT2D eigenvalue weighted by Crippen LogP contribution is 2.19. The summed E-state index contributed by atoms with van der Waals surface area (Å²) < 4.78 is 0. The SMILES string of the molecule is CC(=O)Nc1ccc(NC(=O)c2cnc(C)cc2Cl)cc1. The van der Waals surface area contributed by atoms with E-state index in [0.717, 1.165) is 5.69 Å². The second-order valence-electron chi connectivity index (χ2n) is 4.52. The molecule has 1 aromatic heterocycles. The first kappa shape index (κ1) is 15.0. The molecule has 5 nitrogen and oxygen atoms in total. The summed E-state index contributed by atoms with van der Waals surface area (Å²) in [6.45, 7) is 3.23. The van der Waals surface area contributed by atoms with E-state index >= 15 is 0 Å². The zero-order valence-electron chi connectivity index (χ0n) is 11.6. The van der Waals surface area contributed by atoms with Gasteiger partial charge >= 0.3 is 0 Å². The molecule has 21 heavy (non-hydrogen) atoms. The Labute approximate surface area is 127 Å². The minimum absolute atomic E-state index is 0.149. The van der Waals surface area contributed by atoms with E-state index in [0.29, 0.717) is 22.0 Å². The van der Waals surface area contributed by atoms with Crippen molar-refractivity contribution in [1.82, 2.24) is 4.98 Å². The van der Waals surface area contributed by atoms with Crippen LogP contribution in [0.4, 0.5) is 11.4 Å². The number of amides is 2. The van der Waals surface area contributed by atoms with Crippen molar-refractivity contribution in [3.05, 3.63) is 52.8 Å². The molecule has 0 unspecified atom stereocenters. The van der Waals surface area contributed by atoms with Gasteiger partial charge in [-0.15, -0.1) is 0 Å². The molecular formula is C15H14ClN3O2. The molecule has 1 aromatic carbocycles. The van der Waals surface area contributed by atoms with Gasteiger partial charge in [0.2, 0.25) is 5.91 Å². The van der Waals surface area contributed by atoms with E-state index in [1.165, 1.54) is 13.1 Å². The zero-order chi connectivity index (χ0) is 15.4. The number of anilines is 2. The number of aryl methyl sites for hydroxylation is 1. The van der Waals surface area contributed by atoms with Gasteiger partial charge in [-0.1, -0.05) is 11.6 Å². The molecule has 0 aliphatic carbocycles. The molecule has 0 spiro atoms. The standard InChI is InChI=1S/C15H14ClN3O2/c1-9-7-14(16)13(8-17-9)15(21)19-12-5-3-11(4-6-12)18-10(2)20/h3-8H,1-2H3,(H,18,20)(H,19,21). The maximum Gasteiger partial charge on any atom is 0.258 e. The fourth-order valence-electron chi connectivity index (χ4n) is 1.73. The minimum Gasteiger partial charge on any atom is -0.326 e. The van der Waals surface area contributed by atoms with Gasteiger partial charge in [0.25, 0.3) is 5.91 Å². The summed E-state index contributed by atoms with van der Waals surface area (Å²) in [4.78, 5) is 27.1. The Morgan fingerprint density at radius 3 is 2.19 bits per heavy atom. The summed E-state index contributed by atoms with van der Waals surface area (Å²) in [6.07, 6.45) is 1.44. The smallest absolute Gasteiger partial charge is 0.258 e. The number of nitrogens with zero attached hydrogens (tertiary/aromatic N) is 1. The van der Waals surface area contributed by atoms with Gasteiger partial charge in [-0.3, -0.25) is 14.6 Å². The number of carbonyl (C=O) groups is 2. The zero-order valence-corrected chi connectivity index (χ0v) is 12.4. The van der Waals surface area contributed by atoms with E-state index in [-0.39, 0.29) is 11.8 Å². The summed E-state index contributed by atoms with van der Waals surface area (Å²) in [5.74, 6) is -0.482. The van der Waals surface area contributed by atoms with Crippen LogP contribution < -0.4 is 10.6 Å². The lowest BCUT2D eigenvalue weighted by Crippen LogP contribution is -2.13. The average molecular weight is 304 g/mol. The van der Waals surface area contributed by atoms with Crippen molar-refractivity contribution in [3.8, 4) is 0 Å². The number of pyridine rings is 1. The molecule has 1 heterocycles. The lowest BCUT2D eigenvalue weighted by Gasteiger charge is -2.08. The third-order valence-corrected chi connectivity index (χ3v) is 3.01. The lowest BCUT2D eigenvalue weighted by atomic mass is 10.2. The highest BCUT2D eigenvalue weighted by molar-refractivity contribution is 6.34. The van der Waals surface area contributed by atoms with Crippen molar-refractivity contribution in [2.45, 2.75) is 13.8 Å². The van der Waals surface area contributed by atoms with E-state index in [4.69, 9.17) is 11.6 Å². The molecule has 2 rings (SSSR count). The number of halogens is 1. The van der Waals surface area contributed by atoms with Gasteiger partial charge in [-0.2, -0.15) is 0 Å². The first-order chi connectivity index (χ1) is 9.95. The van der Waals surface area contributed by atoms with Gasteiger partial charge < -0.3 is 10.6 Å². The van der Waals surface area contributed by atoms with Crippen molar-refractivity contribution >= 4 is 34.8 Å². The van der Waals surface area contributed by atoms with E-state index in [1.54, 1.807) is 37.3 Å². The molecule has 0 bridgehead atoms. The number of hydrogen-bond acceptors (Lipinski definition) is 3. The molecule has 2 amide bonds. The molecule has 0 atom stereocenters. The molecule has 6 heteroatoms. The van der Waals surface area contributed by atoms with Crippen molar-refractivity contribution in [1.29, 1.82) is 0 Å². The Kier molecular flexibility index (Phi) is 4.55. The summed E-state index contributed by atoms with van der Waals surface area (Å²) in [5.41, 5.74) is 2.32. The third-order valence-electron chi connectivity index (χ3n) is 2.70. The van der Waals surface area contributed by atoms with Crippen LogP contribution in [-0.4, -0.2) is 16.8 Å². The second-order valence-corrected chi connectivity index (χ2v) is 4.93. The molecule has 2 aromatic rings. The van der Waals surface area contributed by atoms with Gasteiger partial charge in [-0.25, -0.2) is 0 Å². The monoisotopic (exact) mass is 303 g/mol. The molecule has 108 valence electrons. The maximum absolute atomic E-state index is 12.1. The largest absolute Gasteiger partial charge is 0.326 e. The fourth-order valence-corrected chi connectivity index (χ4v) is 2.02. The maximum atomic E-state index is 12.1. The normalized spacial score (nSPS) is 10.0. The summed E-state index contributed by atoms with van der Waals surface area (Å²) >= 11 is 6.02. The number of rotatable bonds is 3. The van der Waals surface area contributed by atoms with Crippen LogP contribution in [0.2, 0.25) is 5.02 Å². The molecule has 0 saturated carbocycles. The second kappa shape index (κ2) is 6.37. The van der Waals surface area contributed by atoms with Crippen LogP contribution in [0.25, 0.3) is 0 Å². The van der Waals surface area contributed by atoms with E-state index < -0.39 is 0 Å². The summed E-state index contributed by atoms with van der Waals surface area (Å²) in [7, 11) is 0. The number of carbonyl (C=O) groups excluding carboxylic acids is 2. The third kappa shape index (κ3) is 4.03. The Balaban J connectivity index is 2.10. The Morgan fingerprint density at radius 2 is 1.67 bits per heavy atom. The van der Waals surface area contributed by atoms with Crippen LogP contribution in [0, 0.1) is 6.92 Å². The average Bonchev–Trinajstić information content (AvgIpc) is 2.40. The number of benzene rings is 1. The van der Waals surface area contributed by atoms with Gasteiger partial charge in [0.05, 0.1) is 10.6 Å². The van der Waals surface area contributed by atoms with Crippen LogP contribution in [0.15, 0.2) is 36.5 Å². The summed E-state index contributed by atoms with van der Waals surface area (Å²) in [5, 5.41) is 5.73. The Morgan fingerprint density at radius 1 is 1.10 bits per heavy atom. The van der Waals surface area contributed by atoms with Gasteiger partial charge in [0.1, 0.15) is 0 Å². The molecule has 0 saturated heterocycles. The Hall–Kier alpha value is -2.40. The van der Waals surface area contributed by atoms with Crippen molar-refractivity contribution < 1.29 is 9.59 Å². The molecule has 0 aliphatic rings. The van der Waals surface area contributed by atoms with Crippen LogP contribution in [-0.2, 0) is 4.79 Å². The van der Waals surface area contributed by atoms with Crippen molar-refractivity contribution in [3.63, 3.8) is 0 Å². The van der Waals surface area contributed by atoms with Gasteiger partial charge in [0, 0.05) is 30.2 Å². The molecule has 2 N–H and O–H groups in total. The van der Waals surface area contributed by atoms with Crippen LogP contribution >= 0.6 is 11.6 Å². The molecular weight excluding hydrogens is 290 g/mol. The van der Waals surface area contributed by atoms with E-state index in [1.807, 2.05) is 0 Å². The van der Waals surface area contributed by atoms with E-state index in [2.05, 4.69) is 15.6 Å². The van der Waals surface area contributed by atoms with E-state index in [9.17, 15) is 9.59 Å². The van der Waals surface area contributed by atoms with Crippen LogP contribution in [0.5, 0.6) is 0 Å². The van der Waals surface area contributed by atoms with Crippen LogP contribution in [0.1, 0.15) is 23.0 Å². The molecule has 0 aliphatic heterocycles. The number of hydrogen-bond donors (Lipinski definition) is 2. The molecule has 0 fully saturated rings. The van der Waals surface area contributed by atoms with Gasteiger partial charge in [-0.05, 0) is 37.3 Å². The van der Waals surface area contributed by atoms with Crippen molar-refractivity contribution in [2.24, 2.45) is 0 Å². The fraction of sp³-hybridized carbons (Fsp3) is 0.133. The number of nitrogens with one attached hydrogen (secondary N) is 2. The predicted molar refractivity (Wildman–Crippen MR) is 82.7 cm³/mol. The lowest BCUT2D eigenvalue weighted by molar-refractivity contribution is -0.114. The molecule has 0 radical (unpaired) electrons. The first-order valence-electron chi connectivity index (χ1n) is 6.27. The number of aromatic nitrogens is 1. The van der Waals surface area contributed by atoms with Crippen molar-refractivity contribution in [2.75, 3.05) is 10.6 Å². The topological polar surface area (TPSA) is 71.1 Å².